The third-order valence-corrected chi connectivity index (χ3v) is 0.496. The molecule has 0 aliphatic carbocycles. The maximum atomic E-state index is 8.56. The van der Waals surface area contributed by atoms with Crippen molar-refractivity contribution in [2.24, 2.45) is 0 Å². The molecule has 0 atom stereocenters. The van der Waals surface area contributed by atoms with Gasteiger partial charge in [-0.05, 0) is 13.8 Å². The van der Waals surface area contributed by atoms with Crippen LogP contribution < -0.4 is 0 Å². The number of carboxylic acid groups (broad SMARTS) is 2. The summed E-state index contributed by atoms with van der Waals surface area (Å²) in [4.78, 5) is 8.56. The van der Waals surface area contributed by atoms with Gasteiger partial charge in [0.15, 0.2) is 0 Å². The Balaban J connectivity index is 0. The van der Waals surface area contributed by atoms with E-state index in [1.807, 2.05) is 38.2 Å². The van der Waals surface area contributed by atoms with Gasteiger partial charge < -0.3 is 10.2 Å². The van der Waals surface area contributed by atoms with Gasteiger partial charge in [-0.3, -0.25) is 0 Å². The Bertz CT molecular complexity index is 111. The van der Waals surface area contributed by atoms with Crippen LogP contribution in [0.4, 0.5) is 4.79 Å². The van der Waals surface area contributed by atoms with E-state index in [2.05, 4.69) is 0 Å². The molecule has 0 unspecified atom stereocenters. The van der Waals surface area contributed by atoms with Gasteiger partial charge in [0, 0.05) is 0 Å². The Morgan fingerprint density at radius 1 is 1.10 bits per heavy atom. The van der Waals surface area contributed by atoms with Crippen molar-refractivity contribution in [1.82, 2.24) is 0 Å². The van der Waals surface area contributed by atoms with E-state index in [1.165, 1.54) is 0 Å². The first-order valence-corrected chi connectivity index (χ1v) is 2.81. The first-order chi connectivity index (χ1) is 4.65. The van der Waals surface area contributed by atoms with E-state index in [0.29, 0.717) is 0 Å². The highest BCUT2D eigenvalue weighted by Crippen LogP contribution is 1.71. The summed E-state index contributed by atoms with van der Waals surface area (Å²) in [6, 6.07) is 0. The van der Waals surface area contributed by atoms with E-state index in [9.17, 15) is 0 Å². The molecule has 0 aliphatic rings. The minimum Gasteiger partial charge on any atom is -0.450 e. The van der Waals surface area contributed by atoms with Crippen LogP contribution in [0.3, 0.4) is 0 Å². The molecule has 0 radical (unpaired) electrons. The van der Waals surface area contributed by atoms with Crippen molar-refractivity contribution in [3.8, 4) is 0 Å². The lowest BCUT2D eigenvalue weighted by atomic mass is 10.5. The second kappa shape index (κ2) is 10.7. The van der Waals surface area contributed by atoms with E-state index < -0.39 is 6.16 Å². The molecule has 0 rings (SSSR count). The fourth-order valence-electron chi connectivity index (χ4n) is 0.222. The summed E-state index contributed by atoms with van der Waals surface area (Å²) in [5, 5.41) is 13.9. The largest absolute Gasteiger partial charge is 0.503 e. The van der Waals surface area contributed by atoms with Crippen molar-refractivity contribution in [3.63, 3.8) is 0 Å². The molecule has 0 amide bonds. The van der Waals surface area contributed by atoms with E-state index in [-0.39, 0.29) is 0 Å². The van der Waals surface area contributed by atoms with E-state index in [0.717, 1.165) is 0 Å². The van der Waals surface area contributed by atoms with Crippen molar-refractivity contribution in [3.05, 3.63) is 24.3 Å². The SMILES string of the molecule is CC=CC=CC.O=C(O)O. The summed E-state index contributed by atoms with van der Waals surface area (Å²) >= 11 is 0. The normalized spacial score (nSPS) is 9.40. The molecule has 10 heavy (non-hydrogen) atoms. The summed E-state index contributed by atoms with van der Waals surface area (Å²) in [6.45, 7) is 4.00. The number of hydrogen-bond donors (Lipinski definition) is 2. The third-order valence-electron chi connectivity index (χ3n) is 0.496. The summed E-state index contributed by atoms with van der Waals surface area (Å²) in [5.41, 5.74) is 0. The molecule has 0 aromatic rings. The van der Waals surface area contributed by atoms with Crippen molar-refractivity contribution < 1.29 is 15.0 Å². The van der Waals surface area contributed by atoms with Crippen LogP contribution in [0.2, 0.25) is 0 Å². The zero-order chi connectivity index (χ0) is 8.41. The average Bonchev–Trinajstić information content (AvgIpc) is 1.82. The zero-order valence-electron chi connectivity index (χ0n) is 6.11. The Morgan fingerprint density at radius 3 is 1.40 bits per heavy atom. The van der Waals surface area contributed by atoms with Crippen LogP contribution in [0.5, 0.6) is 0 Å². The van der Waals surface area contributed by atoms with Crippen molar-refractivity contribution in [1.29, 1.82) is 0 Å². The molecule has 0 saturated carbocycles. The molecule has 3 nitrogen and oxygen atoms in total. The first-order valence-electron chi connectivity index (χ1n) is 2.81. The number of carbonyl (C=O) groups is 1. The number of allylic oxidation sites excluding steroid dienone is 4. The molecule has 0 heterocycles. The second-order valence-electron chi connectivity index (χ2n) is 1.33. The zero-order valence-corrected chi connectivity index (χ0v) is 6.11. The van der Waals surface area contributed by atoms with Gasteiger partial charge in [-0.15, -0.1) is 0 Å². The topological polar surface area (TPSA) is 57.5 Å². The first kappa shape index (κ1) is 11.5. The molecule has 0 saturated heterocycles. The predicted octanol–water partition coefficient (Wildman–Crippen LogP) is 2.36. The van der Waals surface area contributed by atoms with Crippen LogP contribution in [0.15, 0.2) is 24.3 Å². The van der Waals surface area contributed by atoms with Gasteiger partial charge in [-0.2, -0.15) is 0 Å². The van der Waals surface area contributed by atoms with Gasteiger partial charge in [0.05, 0.1) is 0 Å². The Hall–Kier alpha value is -1.25. The lowest BCUT2D eigenvalue weighted by Gasteiger charge is -1.62. The molecule has 0 aliphatic heterocycles. The quantitative estimate of drug-likeness (QED) is 0.555. The monoisotopic (exact) mass is 144 g/mol. The van der Waals surface area contributed by atoms with Gasteiger partial charge in [-0.25, -0.2) is 4.79 Å². The average molecular weight is 144 g/mol. The summed E-state index contributed by atoms with van der Waals surface area (Å²) < 4.78 is 0. The van der Waals surface area contributed by atoms with Crippen LogP contribution in [-0.4, -0.2) is 16.4 Å². The lowest BCUT2D eigenvalue weighted by Crippen LogP contribution is -1.81. The second-order valence-corrected chi connectivity index (χ2v) is 1.33. The van der Waals surface area contributed by atoms with Gasteiger partial charge >= 0.3 is 6.16 Å². The minimum absolute atomic E-state index is 1.83. The minimum atomic E-state index is -1.83. The van der Waals surface area contributed by atoms with E-state index in [1.54, 1.807) is 0 Å². The molecule has 58 valence electrons. The lowest BCUT2D eigenvalue weighted by molar-refractivity contribution is 0.137. The fourth-order valence-corrected chi connectivity index (χ4v) is 0.222. The number of hydrogen-bond acceptors (Lipinski definition) is 1. The standard InChI is InChI=1S/C6H10.CH2O3/c1-3-5-6-4-2;2-1(3)4/h3-6H,1-2H3;(H2,2,3,4). The fraction of sp³-hybridized carbons (Fsp3) is 0.286. The maximum Gasteiger partial charge on any atom is 0.503 e. The molecule has 0 spiro atoms. The van der Waals surface area contributed by atoms with Gasteiger partial charge in [0.25, 0.3) is 0 Å². The highest BCUT2D eigenvalue weighted by atomic mass is 16.6. The molecule has 2 N–H and O–H groups in total. The number of rotatable bonds is 1. The van der Waals surface area contributed by atoms with Gasteiger partial charge in [-0.1, -0.05) is 24.3 Å². The highest BCUT2D eigenvalue weighted by Gasteiger charge is 1.70. The molecule has 0 aromatic carbocycles. The van der Waals surface area contributed by atoms with Gasteiger partial charge in [0.1, 0.15) is 0 Å². The van der Waals surface area contributed by atoms with Crippen LogP contribution in [0.25, 0.3) is 0 Å². The molecule has 3 heteroatoms. The van der Waals surface area contributed by atoms with Crippen LogP contribution in [0, 0.1) is 0 Å². The molecule has 0 aromatic heterocycles. The molecular weight excluding hydrogens is 132 g/mol. The Labute approximate surface area is 60.3 Å². The molecule has 0 fully saturated rings. The predicted molar refractivity (Wildman–Crippen MR) is 40.3 cm³/mol. The highest BCUT2D eigenvalue weighted by molar-refractivity contribution is 5.53. The van der Waals surface area contributed by atoms with Crippen LogP contribution in [-0.2, 0) is 0 Å². The smallest absolute Gasteiger partial charge is 0.450 e. The van der Waals surface area contributed by atoms with Crippen molar-refractivity contribution in [2.45, 2.75) is 13.8 Å². The van der Waals surface area contributed by atoms with Crippen LogP contribution >= 0.6 is 0 Å². The maximum absolute atomic E-state index is 8.56. The molecular formula is C7H12O3. The van der Waals surface area contributed by atoms with Crippen molar-refractivity contribution in [2.75, 3.05) is 0 Å². The Kier molecular flexibility index (Phi) is 12.3. The summed E-state index contributed by atoms with van der Waals surface area (Å²) in [5.74, 6) is 0. The van der Waals surface area contributed by atoms with Crippen LogP contribution in [0.1, 0.15) is 13.8 Å². The van der Waals surface area contributed by atoms with E-state index >= 15 is 0 Å². The summed E-state index contributed by atoms with van der Waals surface area (Å²) in [7, 11) is 0. The van der Waals surface area contributed by atoms with Crippen molar-refractivity contribution >= 4 is 6.16 Å². The summed E-state index contributed by atoms with van der Waals surface area (Å²) in [6.07, 6.45) is 6.17. The van der Waals surface area contributed by atoms with Gasteiger partial charge in [0.2, 0.25) is 0 Å². The Morgan fingerprint density at radius 2 is 1.30 bits per heavy atom. The van der Waals surface area contributed by atoms with E-state index in [4.69, 9.17) is 15.0 Å². The molecule has 0 bridgehead atoms. The third kappa shape index (κ3) is 72.9.